The highest BCUT2D eigenvalue weighted by atomic mass is 35.5. The third kappa shape index (κ3) is 4.54. The van der Waals surface area contributed by atoms with Crippen LogP contribution in [-0.2, 0) is 4.79 Å². The molecule has 0 aliphatic rings. The van der Waals surface area contributed by atoms with Gasteiger partial charge in [0.1, 0.15) is 5.82 Å². The fraction of sp³-hybridized carbons (Fsp3) is 0.250. The number of amides is 1. The van der Waals surface area contributed by atoms with Gasteiger partial charge in [-0.2, -0.15) is 0 Å². The lowest BCUT2D eigenvalue weighted by atomic mass is 10.2. The van der Waals surface area contributed by atoms with Crippen molar-refractivity contribution in [2.24, 2.45) is 5.73 Å². The molecule has 0 saturated carbocycles. The standard InChI is InChI=1S/C12H14ClFN2O/c13-10-4-1-3-9(12(10)14)5-6-11(17)16-8-2-7-15/h1,3-6H,2,7-8,15H2,(H,16,17)/b6-5+. The van der Waals surface area contributed by atoms with Gasteiger partial charge in [-0.1, -0.05) is 23.7 Å². The molecule has 1 aromatic rings. The molecule has 0 aliphatic carbocycles. The first-order valence-corrected chi connectivity index (χ1v) is 5.63. The van der Waals surface area contributed by atoms with E-state index in [9.17, 15) is 9.18 Å². The highest BCUT2D eigenvalue weighted by Gasteiger charge is 2.03. The van der Waals surface area contributed by atoms with Crippen LogP contribution in [0.4, 0.5) is 4.39 Å². The molecule has 1 aromatic carbocycles. The molecule has 0 atom stereocenters. The van der Waals surface area contributed by atoms with Gasteiger partial charge in [0.15, 0.2) is 0 Å². The van der Waals surface area contributed by atoms with E-state index in [1.807, 2.05) is 0 Å². The zero-order valence-electron chi connectivity index (χ0n) is 9.25. The Morgan fingerprint density at radius 2 is 2.29 bits per heavy atom. The predicted molar refractivity (Wildman–Crippen MR) is 67.1 cm³/mol. The van der Waals surface area contributed by atoms with Crippen molar-refractivity contribution in [2.75, 3.05) is 13.1 Å². The molecule has 17 heavy (non-hydrogen) atoms. The molecule has 0 unspecified atom stereocenters. The van der Waals surface area contributed by atoms with Gasteiger partial charge in [0, 0.05) is 18.2 Å². The minimum atomic E-state index is -0.528. The first-order chi connectivity index (χ1) is 8.15. The molecule has 3 nitrogen and oxygen atoms in total. The van der Waals surface area contributed by atoms with Crippen LogP contribution in [0, 0.1) is 5.82 Å². The van der Waals surface area contributed by atoms with Crippen LogP contribution in [0.5, 0.6) is 0 Å². The molecule has 0 saturated heterocycles. The largest absolute Gasteiger partial charge is 0.353 e. The number of halogens is 2. The molecule has 92 valence electrons. The summed E-state index contributed by atoms with van der Waals surface area (Å²) in [5.41, 5.74) is 5.57. The van der Waals surface area contributed by atoms with Crippen LogP contribution in [0.1, 0.15) is 12.0 Å². The quantitative estimate of drug-likeness (QED) is 0.625. The van der Waals surface area contributed by atoms with E-state index in [2.05, 4.69) is 5.32 Å². The van der Waals surface area contributed by atoms with Crippen molar-refractivity contribution < 1.29 is 9.18 Å². The summed E-state index contributed by atoms with van der Waals surface area (Å²) in [5, 5.41) is 2.66. The average Bonchev–Trinajstić information content (AvgIpc) is 2.31. The Morgan fingerprint density at radius 1 is 1.53 bits per heavy atom. The smallest absolute Gasteiger partial charge is 0.244 e. The summed E-state index contributed by atoms with van der Waals surface area (Å²) in [5.74, 6) is -0.807. The summed E-state index contributed by atoms with van der Waals surface area (Å²) in [4.78, 5) is 11.3. The molecule has 0 radical (unpaired) electrons. The van der Waals surface area contributed by atoms with Crippen molar-refractivity contribution >= 4 is 23.6 Å². The average molecular weight is 257 g/mol. The second-order valence-electron chi connectivity index (χ2n) is 3.41. The Hall–Kier alpha value is -1.39. The minimum Gasteiger partial charge on any atom is -0.353 e. The van der Waals surface area contributed by atoms with Crippen molar-refractivity contribution in [3.8, 4) is 0 Å². The summed E-state index contributed by atoms with van der Waals surface area (Å²) in [6, 6.07) is 4.62. The highest BCUT2D eigenvalue weighted by molar-refractivity contribution is 6.30. The van der Waals surface area contributed by atoms with Gasteiger partial charge in [-0.3, -0.25) is 4.79 Å². The van der Waals surface area contributed by atoms with Gasteiger partial charge in [-0.15, -0.1) is 0 Å². The van der Waals surface area contributed by atoms with Crippen molar-refractivity contribution in [2.45, 2.75) is 6.42 Å². The summed E-state index contributed by atoms with van der Waals surface area (Å²) < 4.78 is 13.4. The minimum absolute atomic E-state index is 0.0377. The van der Waals surface area contributed by atoms with Gasteiger partial charge in [0.25, 0.3) is 0 Å². The molecule has 0 bridgehead atoms. The van der Waals surface area contributed by atoms with Gasteiger partial charge >= 0.3 is 0 Å². The molecule has 3 N–H and O–H groups in total. The van der Waals surface area contributed by atoms with E-state index >= 15 is 0 Å². The molecule has 1 amide bonds. The van der Waals surface area contributed by atoms with Crippen molar-refractivity contribution in [3.05, 3.63) is 40.7 Å². The number of rotatable bonds is 5. The third-order valence-corrected chi connectivity index (χ3v) is 2.37. The van der Waals surface area contributed by atoms with Crippen LogP contribution >= 0.6 is 11.6 Å². The molecule has 0 aliphatic heterocycles. The van der Waals surface area contributed by atoms with Crippen LogP contribution in [0.3, 0.4) is 0 Å². The maximum absolute atomic E-state index is 13.4. The van der Waals surface area contributed by atoms with Gasteiger partial charge < -0.3 is 11.1 Å². The van der Waals surface area contributed by atoms with E-state index in [1.54, 1.807) is 12.1 Å². The van der Waals surface area contributed by atoms with Crippen LogP contribution < -0.4 is 11.1 Å². The molecule has 5 heteroatoms. The van der Waals surface area contributed by atoms with E-state index < -0.39 is 5.82 Å². The van der Waals surface area contributed by atoms with Crippen LogP contribution in [0.2, 0.25) is 5.02 Å². The van der Waals surface area contributed by atoms with E-state index in [1.165, 1.54) is 18.2 Å². The molecule has 0 heterocycles. The number of nitrogens with two attached hydrogens (primary N) is 1. The van der Waals surface area contributed by atoms with Gasteiger partial charge in [0.2, 0.25) is 5.91 Å². The van der Waals surface area contributed by atoms with Gasteiger partial charge in [-0.25, -0.2) is 4.39 Å². The number of carbonyl (C=O) groups excluding carboxylic acids is 1. The Morgan fingerprint density at radius 3 is 3.00 bits per heavy atom. The van der Waals surface area contributed by atoms with Gasteiger partial charge in [0.05, 0.1) is 5.02 Å². The molecule has 0 aromatic heterocycles. The molecule has 0 fully saturated rings. The maximum Gasteiger partial charge on any atom is 0.244 e. The first-order valence-electron chi connectivity index (χ1n) is 5.25. The maximum atomic E-state index is 13.4. The fourth-order valence-electron chi connectivity index (χ4n) is 1.19. The predicted octanol–water partition coefficient (Wildman–Crippen LogP) is 1.96. The Kier molecular flexibility index (Phi) is 5.66. The molecular weight excluding hydrogens is 243 g/mol. The monoisotopic (exact) mass is 256 g/mol. The Bertz CT molecular complexity index is 421. The summed E-state index contributed by atoms with van der Waals surface area (Å²) >= 11 is 5.61. The number of carbonyl (C=O) groups is 1. The number of nitrogens with one attached hydrogen (secondary N) is 1. The van der Waals surface area contributed by atoms with Gasteiger partial charge in [-0.05, 0) is 25.1 Å². The molecular formula is C12H14ClFN2O. The fourth-order valence-corrected chi connectivity index (χ4v) is 1.37. The second kappa shape index (κ2) is 7.04. The van der Waals surface area contributed by atoms with E-state index in [0.29, 0.717) is 19.5 Å². The van der Waals surface area contributed by atoms with Crippen molar-refractivity contribution in [1.29, 1.82) is 0 Å². The van der Waals surface area contributed by atoms with Crippen molar-refractivity contribution in [3.63, 3.8) is 0 Å². The van der Waals surface area contributed by atoms with Crippen LogP contribution in [0.25, 0.3) is 6.08 Å². The van der Waals surface area contributed by atoms with E-state index in [-0.39, 0.29) is 16.5 Å². The molecule has 0 spiro atoms. The topological polar surface area (TPSA) is 55.1 Å². The Labute approximate surface area is 104 Å². The lowest BCUT2D eigenvalue weighted by Gasteiger charge is -2.00. The molecule has 1 rings (SSSR count). The Balaban J connectivity index is 2.58. The SMILES string of the molecule is NCCCNC(=O)/C=C/c1cccc(Cl)c1F. The first kappa shape index (κ1) is 13.7. The summed E-state index contributed by atoms with van der Waals surface area (Å²) in [6.07, 6.45) is 3.37. The summed E-state index contributed by atoms with van der Waals surface area (Å²) in [7, 11) is 0. The lowest BCUT2D eigenvalue weighted by molar-refractivity contribution is -0.116. The second-order valence-corrected chi connectivity index (χ2v) is 3.82. The number of hydrogen-bond donors (Lipinski definition) is 2. The third-order valence-electron chi connectivity index (χ3n) is 2.08. The van der Waals surface area contributed by atoms with Crippen molar-refractivity contribution in [1.82, 2.24) is 5.32 Å². The van der Waals surface area contributed by atoms with E-state index in [0.717, 1.165) is 0 Å². The van der Waals surface area contributed by atoms with Crippen LogP contribution in [-0.4, -0.2) is 19.0 Å². The lowest BCUT2D eigenvalue weighted by Crippen LogP contribution is -2.23. The zero-order valence-corrected chi connectivity index (χ0v) is 10.0. The number of hydrogen-bond acceptors (Lipinski definition) is 2. The van der Waals surface area contributed by atoms with Crippen LogP contribution in [0.15, 0.2) is 24.3 Å². The van der Waals surface area contributed by atoms with E-state index in [4.69, 9.17) is 17.3 Å². The summed E-state index contributed by atoms with van der Waals surface area (Å²) in [6.45, 7) is 1.03. The highest BCUT2D eigenvalue weighted by Crippen LogP contribution is 2.18. The normalized spacial score (nSPS) is 10.8. The number of benzene rings is 1. The zero-order chi connectivity index (χ0) is 12.7.